The van der Waals surface area contributed by atoms with E-state index in [1.165, 1.54) is 0 Å². The molecule has 0 spiro atoms. The predicted molar refractivity (Wildman–Crippen MR) is 68.3 cm³/mol. The van der Waals surface area contributed by atoms with Crippen molar-refractivity contribution >= 4 is 11.8 Å². The highest BCUT2D eigenvalue weighted by atomic mass is 32.2. The summed E-state index contributed by atoms with van der Waals surface area (Å²) in [4.78, 5) is 0. The number of benzene rings is 1. The molecular formula is C13H18O2S. The fraction of sp³-hybridized carbons (Fsp3) is 0.538. The average molecular weight is 238 g/mol. The number of ether oxygens (including phenoxy) is 1. The molecule has 1 N–H and O–H groups in total. The van der Waals surface area contributed by atoms with Crippen LogP contribution in [0.3, 0.4) is 0 Å². The van der Waals surface area contributed by atoms with Gasteiger partial charge in [-0.3, -0.25) is 0 Å². The maximum atomic E-state index is 9.33. The number of aliphatic hydroxyl groups is 1. The topological polar surface area (TPSA) is 29.5 Å². The first-order valence-corrected chi connectivity index (χ1v) is 6.73. The van der Waals surface area contributed by atoms with Crippen LogP contribution < -0.4 is 4.74 Å². The fourth-order valence-electron chi connectivity index (χ4n) is 1.56. The number of thioether (sulfide) groups is 1. The monoisotopic (exact) mass is 238 g/mol. The van der Waals surface area contributed by atoms with E-state index in [9.17, 15) is 5.11 Å². The molecule has 3 heteroatoms. The molecule has 1 aliphatic heterocycles. The van der Waals surface area contributed by atoms with Gasteiger partial charge in [-0.1, -0.05) is 26.0 Å². The zero-order valence-electron chi connectivity index (χ0n) is 9.77. The summed E-state index contributed by atoms with van der Waals surface area (Å²) in [6, 6.07) is 8.06. The Hall–Kier alpha value is -0.670. The zero-order valence-corrected chi connectivity index (χ0v) is 10.6. The van der Waals surface area contributed by atoms with Gasteiger partial charge in [-0.05, 0) is 17.7 Å². The van der Waals surface area contributed by atoms with E-state index in [1.54, 1.807) is 0 Å². The van der Waals surface area contributed by atoms with E-state index >= 15 is 0 Å². The molecule has 0 saturated carbocycles. The molecule has 2 rings (SSSR count). The van der Waals surface area contributed by atoms with Crippen LogP contribution >= 0.6 is 11.8 Å². The first kappa shape index (κ1) is 11.8. The highest BCUT2D eigenvalue weighted by Crippen LogP contribution is 2.28. The molecule has 1 saturated heterocycles. The molecule has 88 valence electrons. The lowest BCUT2D eigenvalue weighted by molar-refractivity contribution is 0.216. The van der Waals surface area contributed by atoms with E-state index in [0.29, 0.717) is 6.10 Å². The Morgan fingerprint density at radius 1 is 1.44 bits per heavy atom. The molecule has 0 aromatic heterocycles. The molecular weight excluding hydrogens is 220 g/mol. The van der Waals surface area contributed by atoms with Crippen LogP contribution in [0.1, 0.15) is 19.4 Å². The lowest BCUT2D eigenvalue weighted by Gasteiger charge is -2.27. The van der Waals surface area contributed by atoms with Gasteiger partial charge in [0.15, 0.2) is 0 Å². The first-order valence-electron chi connectivity index (χ1n) is 5.57. The van der Waals surface area contributed by atoms with Crippen molar-refractivity contribution in [1.29, 1.82) is 0 Å². The van der Waals surface area contributed by atoms with Crippen molar-refractivity contribution in [2.24, 2.45) is 0 Å². The van der Waals surface area contributed by atoms with Crippen molar-refractivity contribution < 1.29 is 9.84 Å². The standard InChI is InChI=1S/C13H18O2S/c1-13(2,9-14)10-4-3-5-11(6-10)15-12-7-16-8-12/h3-6,12,14H,7-9H2,1-2H3. The van der Waals surface area contributed by atoms with Crippen LogP contribution in [-0.2, 0) is 5.41 Å². The van der Waals surface area contributed by atoms with Crippen LogP contribution in [0, 0.1) is 0 Å². The van der Waals surface area contributed by atoms with Gasteiger partial charge in [-0.2, -0.15) is 11.8 Å². The minimum atomic E-state index is -0.201. The Morgan fingerprint density at radius 3 is 2.75 bits per heavy atom. The SMILES string of the molecule is CC(C)(CO)c1cccc(OC2CSC2)c1. The van der Waals surface area contributed by atoms with Crippen molar-refractivity contribution in [2.75, 3.05) is 18.1 Å². The normalized spacial score (nSPS) is 16.9. The Balaban J connectivity index is 2.12. The second-order valence-electron chi connectivity index (χ2n) is 4.85. The molecule has 0 radical (unpaired) electrons. The molecule has 0 amide bonds. The lowest BCUT2D eigenvalue weighted by Crippen LogP contribution is -2.31. The molecule has 16 heavy (non-hydrogen) atoms. The Labute approximate surface area is 101 Å². The molecule has 0 unspecified atom stereocenters. The van der Waals surface area contributed by atoms with Gasteiger partial charge in [0.05, 0.1) is 6.61 Å². The second kappa shape index (κ2) is 4.68. The molecule has 2 nitrogen and oxygen atoms in total. The van der Waals surface area contributed by atoms with E-state index in [-0.39, 0.29) is 12.0 Å². The highest BCUT2D eigenvalue weighted by molar-refractivity contribution is 8.00. The molecule has 0 aliphatic carbocycles. The Bertz CT molecular complexity index is 359. The molecule has 1 aliphatic rings. The van der Waals surface area contributed by atoms with Crippen LogP contribution in [0.4, 0.5) is 0 Å². The molecule has 0 atom stereocenters. The first-order chi connectivity index (χ1) is 7.62. The summed E-state index contributed by atoms with van der Waals surface area (Å²) in [6.45, 7) is 4.21. The second-order valence-corrected chi connectivity index (χ2v) is 5.92. The molecule has 1 heterocycles. The van der Waals surface area contributed by atoms with Gasteiger partial charge in [0, 0.05) is 16.9 Å². The number of hydrogen-bond donors (Lipinski definition) is 1. The third-order valence-corrected chi connectivity index (χ3v) is 4.14. The van der Waals surface area contributed by atoms with E-state index in [1.807, 2.05) is 49.9 Å². The van der Waals surface area contributed by atoms with Crippen molar-refractivity contribution in [3.63, 3.8) is 0 Å². The van der Waals surface area contributed by atoms with Gasteiger partial charge in [0.25, 0.3) is 0 Å². The van der Waals surface area contributed by atoms with E-state index in [0.717, 1.165) is 22.8 Å². The largest absolute Gasteiger partial charge is 0.489 e. The third kappa shape index (κ3) is 2.53. The van der Waals surface area contributed by atoms with E-state index in [4.69, 9.17) is 4.74 Å². The van der Waals surface area contributed by atoms with Gasteiger partial charge in [0.1, 0.15) is 11.9 Å². The molecule has 1 fully saturated rings. The van der Waals surface area contributed by atoms with Crippen LogP contribution in [0.2, 0.25) is 0 Å². The highest BCUT2D eigenvalue weighted by Gasteiger charge is 2.22. The van der Waals surface area contributed by atoms with Crippen molar-refractivity contribution in [3.05, 3.63) is 29.8 Å². The minimum Gasteiger partial charge on any atom is -0.489 e. The number of hydrogen-bond acceptors (Lipinski definition) is 3. The van der Waals surface area contributed by atoms with Gasteiger partial charge >= 0.3 is 0 Å². The minimum absolute atomic E-state index is 0.149. The Kier molecular flexibility index (Phi) is 3.45. The van der Waals surface area contributed by atoms with Gasteiger partial charge in [-0.15, -0.1) is 0 Å². The summed E-state index contributed by atoms with van der Waals surface area (Å²) in [5.41, 5.74) is 0.924. The summed E-state index contributed by atoms with van der Waals surface area (Å²) in [5, 5.41) is 9.33. The third-order valence-electron chi connectivity index (χ3n) is 2.92. The smallest absolute Gasteiger partial charge is 0.120 e. The lowest BCUT2D eigenvalue weighted by atomic mass is 9.85. The average Bonchev–Trinajstić information content (AvgIpc) is 2.24. The summed E-state index contributed by atoms with van der Waals surface area (Å²) in [5.74, 6) is 3.10. The zero-order chi connectivity index (χ0) is 11.6. The van der Waals surface area contributed by atoms with Crippen molar-refractivity contribution in [2.45, 2.75) is 25.4 Å². The summed E-state index contributed by atoms with van der Waals surface area (Å²) < 4.78 is 5.83. The quantitative estimate of drug-likeness (QED) is 0.873. The number of aliphatic hydroxyl groups excluding tert-OH is 1. The molecule has 0 bridgehead atoms. The van der Waals surface area contributed by atoms with Crippen LogP contribution in [0.15, 0.2) is 24.3 Å². The summed E-state index contributed by atoms with van der Waals surface area (Å²) >= 11 is 1.91. The van der Waals surface area contributed by atoms with Crippen molar-refractivity contribution in [1.82, 2.24) is 0 Å². The Morgan fingerprint density at radius 2 is 2.19 bits per heavy atom. The maximum Gasteiger partial charge on any atom is 0.120 e. The predicted octanol–water partition coefficient (Wildman–Crippen LogP) is 2.45. The van der Waals surface area contributed by atoms with Gasteiger partial charge < -0.3 is 9.84 Å². The number of rotatable bonds is 4. The summed E-state index contributed by atoms with van der Waals surface area (Å²) in [7, 11) is 0. The van der Waals surface area contributed by atoms with Gasteiger partial charge in [-0.25, -0.2) is 0 Å². The molecule has 1 aromatic rings. The van der Waals surface area contributed by atoms with E-state index in [2.05, 4.69) is 0 Å². The van der Waals surface area contributed by atoms with Crippen molar-refractivity contribution in [3.8, 4) is 5.75 Å². The van der Waals surface area contributed by atoms with Crippen LogP contribution in [-0.4, -0.2) is 29.3 Å². The summed E-state index contributed by atoms with van der Waals surface area (Å²) in [6.07, 6.45) is 0.373. The fourth-order valence-corrected chi connectivity index (χ4v) is 2.12. The van der Waals surface area contributed by atoms with E-state index < -0.39 is 0 Å². The van der Waals surface area contributed by atoms with Gasteiger partial charge in [0.2, 0.25) is 0 Å². The van der Waals surface area contributed by atoms with Crippen LogP contribution in [0.25, 0.3) is 0 Å². The van der Waals surface area contributed by atoms with Crippen LogP contribution in [0.5, 0.6) is 5.75 Å². The maximum absolute atomic E-state index is 9.33. The molecule has 1 aromatic carbocycles.